The Morgan fingerprint density at radius 3 is 2.75 bits per heavy atom. The lowest BCUT2D eigenvalue weighted by atomic mass is 10.3. The van der Waals surface area contributed by atoms with Crippen LogP contribution in [0.25, 0.3) is 0 Å². The normalized spacial score (nSPS) is 9.42. The lowest BCUT2D eigenvalue weighted by Gasteiger charge is -1.99. The van der Waals surface area contributed by atoms with E-state index in [1.54, 1.807) is 18.5 Å². The minimum Gasteiger partial charge on any atom is -0.295 e. The van der Waals surface area contributed by atoms with Gasteiger partial charge in [-0.15, -0.1) is 0 Å². The average molecular weight is 165 g/mol. The van der Waals surface area contributed by atoms with Crippen molar-refractivity contribution in [1.29, 1.82) is 0 Å². The van der Waals surface area contributed by atoms with E-state index in [-0.39, 0.29) is 5.91 Å². The fourth-order valence-electron chi connectivity index (χ4n) is 0.778. The summed E-state index contributed by atoms with van der Waals surface area (Å²) in [6.07, 6.45) is 4.53. The first-order chi connectivity index (χ1) is 5.83. The molecule has 0 aromatic carbocycles. The summed E-state index contributed by atoms with van der Waals surface area (Å²) in [6, 6.07) is 1.70. The number of hydrogen-bond acceptors (Lipinski definition) is 3. The number of hydrogen-bond donors (Lipinski definition) is 1. The summed E-state index contributed by atoms with van der Waals surface area (Å²) in [5.74, 6) is 0.333. The summed E-state index contributed by atoms with van der Waals surface area (Å²) >= 11 is 0. The minimum atomic E-state index is -0.0382. The van der Waals surface area contributed by atoms with E-state index in [4.69, 9.17) is 0 Å². The van der Waals surface area contributed by atoms with Gasteiger partial charge in [0, 0.05) is 18.8 Å². The van der Waals surface area contributed by atoms with Crippen LogP contribution in [0.3, 0.4) is 0 Å². The number of amides is 1. The molecular weight excluding hydrogens is 154 g/mol. The molecule has 12 heavy (non-hydrogen) atoms. The van der Waals surface area contributed by atoms with Gasteiger partial charge in [0.25, 0.3) is 0 Å². The zero-order valence-electron chi connectivity index (χ0n) is 6.95. The van der Waals surface area contributed by atoms with Crippen LogP contribution in [0.15, 0.2) is 18.5 Å². The van der Waals surface area contributed by atoms with Gasteiger partial charge < -0.3 is 0 Å². The highest BCUT2D eigenvalue weighted by Crippen LogP contribution is 1.96. The number of aromatic nitrogens is 2. The van der Waals surface area contributed by atoms with E-state index in [2.05, 4.69) is 15.3 Å². The zero-order chi connectivity index (χ0) is 8.81. The lowest BCUT2D eigenvalue weighted by molar-refractivity contribution is -0.116. The molecule has 1 aromatic rings. The molecule has 0 unspecified atom stereocenters. The van der Waals surface area contributed by atoms with Crippen LogP contribution in [0.4, 0.5) is 5.95 Å². The quantitative estimate of drug-likeness (QED) is 0.732. The Kier molecular flexibility index (Phi) is 3.19. The smallest absolute Gasteiger partial charge is 0.229 e. The van der Waals surface area contributed by atoms with Gasteiger partial charge in [-0.1, -0.05) is 6.92 Å². The largest absolute Gasteiger partial charge is 0.295 e. The fraction of sp³-hybridized carbons (Fsp3) is 0.375. The van der Waals surface area contributed by atoms with Crippen LogP contribution in [-0.4, -0.2) is 15.9 Å². The first-order valence-corrected chi connectivity index (χ1v) is 3.90. The molecule has 4 nitrogen and oxygen atoms in total. The summed E-state index contributed by atoms with van der Waals surface area (Å²) in [5, 5.41) is 2.58. The van der Waals surface area contributed by atoms with Gasteiger partial charge in [0.2, 0.25) is 11.9 Å². The molecule has 0 aliphatic rings. The van der Waals surface area contributed by atoms with Crippen LogP contribution in [0.2, 0.25) is 0 Å². The molecule has 0 aliphatic heterocycles. The standard InChI is InChI=1S/C8H11N3O/c1-2-4-7(12)11-8-9-5-3-6-10-8/h3,5-6H,2,4H2,1H3,(H,9,10,11,12). The van der Waals surface area contributed by atoms with Gasteiger partial charge in [0.05, 0.1) is 0 Å². The number of nitrogens with one attached hydrogen (secondary N) is 1. The molecule has 1 heterocycles. The first-order valence-electron chi connectivity index (χ1n) is 3.90. The molecule has 0 radical (unpaired) electrons. The summed E-state index contributed by atoms with van der Waals surface area (Å²) in [5.41, 5.74) is 0. The Morgan fingerprint density at radius 2 is 2.17 bits per heavy atom. The predicted molar refractivity (Wildman–Crippen MR) is 45.6 cm³/mol. The summed E-state index contributed by atoms with van der Waals surface area (Å²) in [6.45, 7) is 1.95. The van der Waals surface area contributed by atoms with Crippen molar-refractivity contribution in [3.63, 3.8) is 0 Å². The maximum Gasteiger partial charge on any atom is 0.229 e. The Hall–Kier alpha value is -1.45. The summed E-state index contributed by atoms with van der Waals surface area (Å²) in [7, 11) is 0. The molecule has 0 saturated heterocycles. The van der Waals surface area contributed by atoms with Crippen molar-refractivity contribution >= 4 is 11.9 Å². The van der Waals surface area contributed by atoms with Crippen molar-refractivity contribution in [2.24, 2.45) is 0 Å². The van der Waals surface area contributed by atoms with Crippen LogP contribution >= 0.6 is 0 Å². The molecule has 64 valence electrons. The van der Waals surface area contributed by atoms with Crippen LogP contribution in [0.5, 0.6) is 0 Å². The van der Waals surface area contributed by atoms with Crippen molar-refractivity contribution in [2.75, 3.05) is 5.32 Å². The number of rotatable bonds is 3. The van der Waals surface area contributed by atoms with Gasteiger partial charge in [-0.05, 0) is 12.5 Å². The molecular formula is C8H11N3O. The topological polar surface area (TPSA) is 54.9 Å². The molecule has 0 spiro atoms. The fourth-order valence-corrected chi connectivity index (χ4v) is 0.778. The van der Waals surface area contributed by atoms with Crippen molar-refractivity contribution in [2.45, 2.75) is 19.8 Å². The molecule has 1 amide bonds. The molecule has 0 bridgehead atoms. The van der Waals surface area contributed by atoms with Crippen molar-refractivity contribution in [1.82, 2.24) is 9.97 Å². The second kappa shape index (κ2) is 4.43. The van der Waals surface area contributed by atoms with E-state index in [0.29, 0.717) is 12.4 Å². The van der Waals surface area contributed by atoms with Gasteiger partial charge in [-0.25, -0.2) is 9.97 Å². The second-order valence-electron chi connectivity index (χ2n) is 2.37. The third-order valence-electron chi connectivity index (χ3n) is 1.29. The van der Waals surface area contributed by atoms with E-state index >= 15 is 0 Å². The monoisotopic (exact) mass is 165 g/mol. The average Bonchev–Trinajstić information content (AvgIpc) is 2.06. The van der Waals surface area contributed by atoms with Crippen LogP contribution < -0.4 is 5.32 Å². The van der Waals surface area contributed by atoms with Gasteiger partial charge >= 0.3 is 0 Å². The van der Waals surface area contributed by atoms with E-state index in [0.717, 1.165) is 6.42 Å². The Morgan fingerprint density at radius 1 is 1.50 bits per heavy atom. The highest BCUT2D eigenvalue weighted by atomic mass is 16.1. The maximum atomic E-state index is 11.0. The minimum absolute atomic E-state index is 0.0382. The molecule has 0 aliphatic carbocycles. The zero-order valence-corrected chi connectivity index (χ0v) is 6.95. The Bertz CT molecular complexity index is 248. The molecule has 0 atom stereocenters. The second-order valence-corrected chi connectivity index (χ2v) is 2.37. The van der Waals surface area contributed by atoms with Crippen molar-refractivity contribution in [3.8, 4) is 0 Å². The number of carbonyl (C=O) groups is 1. The van der Waals surface area contributed by atoms with E-state index < -0.39 is 0 Å². The molecule has 0 saturated carbocycles. The maximum absolute atomic E-state index is 11.0. The number of anilines is 1. The molecule has 1 aromatic heterocycles. The van der Waals surface area contributed by atoms with Gasteiger partial charge in [-0.2, -0.15) is 0 Å². The van der Waals surface area contributed by atoms with E-state index in [1.165, 1.54) is 0 Å². The van der Waals surface area contributed by atoms with Crippen LogP contribution in [0.1, 0.15) is 19.8 Å². The van der Waals surface area contributed by atoms with Crippen LogP contribution in [0, 0.1) is 0 Å². The third kappa shape index (κ3) is 2.65. The SMILES string of the molecule is CCCC(=O)Nc1ncccn1. The van der Waals surface area contributed by atoms with Crippen molar-refractivity contribution in [3.05, 3.63) is 18.5 Å². The van der Waals surface area contributed by atoms with E-state index in [1.807, 2.05) is 6.92 Å². The first kappa shape index (κ1) is 8.64. The third-order valence-corrected chi connectivity index (χ3v) is 1.29. The van der Waals surface area contributed by atoms with Gasteiger partial charge in [0.1, 0.15) is 0 Å². The van der Waals surface area contributed by atoms with Gasteiger partial charge in [0.15, 0.2) is 0 Å². The van der Waals surface area contributed by atoms with Crippen LogP contribution in [-0.2, 0) is 4.79 Å². The summed E-state index contributed by atoms with van der Waals surface area (Å²) in [4.78, 5) is 18.7. The van der Waals surface area contributed by atoms with E-state index in [9.17, 15) is 4.79 Å². The Balaban J connectivity index is 2.47. The van der Waals surface area contributed by atoms with Crippen molar-refractivity contribution < 1.29 is 4.79 Å². The lowest BCUT2D eigenvalue weighted by Crippen LogP contribution is -2.12. The molecule has 1 rings (SSSR count). The number of carbonyl (C=O) groups excluding carboxylic acids is 1. The molecule has 4 heteroatoms. The highest BCUT2D eigenvalue weighted by molar-refractivity contribution is 5.88. The summed E-state index contributed by atoms with van der Waals surface area (Å²) < 4.78 is 0. The number of nitrogens with zero attached hydrogens (tertiary/aromatic N) is 2. The molecule has 0 fully saturated rings. The highest BCUT2D eigenvalue weighted by Gasteiger charge is 2.00. The Labute approximate surface area is 71.0 Å². The molecule has 1 N–H and O–H groups in total. The predicted octanol–water partition coefficient (Wildman–Crippen LogP) is 1.22. The van der Waals surface area contributed by atoms with Gasteiger partial charge in [-0.3, -0.25) is 10.1 Å².